The van der Waals surface area contributed by atoms with E-state index >= 15 is 0 Å². The van der Waals surface area contributed by atoms with Gasteiger partial charge in [0.25, 0.3) is 0 Å². The summed E-state index contributed by atoms with van der Waals surface area (Å²) >= 11 is 0. The summed E-state index contributed by atoms with van der Waals surface area (Å²) in [7, 11) is 0. The Morgan fingerprint density at radius 3 is 2.69 bits per heavy atom. The standard InChI is InChI=1S/C28H29N7O/c1-4-8-24-30-25-18(2)15-19(3)29-26(25)35(24)17-20-11-12-23-21(16-20)13-14-28(36-23,27-31-33-34-32-27)22-9-6-5-7-10-22/h5-7,9-12,15-16H,4,8,13-14,17H2,1-3H3,(H,31,32,33,34). The van der Waals surface area contributed by atoms with Crippen LogP contribution in [0.25, 0.3) is 11.2 Å². The molecule has 6 rings (SSSR count). The van der Waals surface area contributed by atoms with Crippen molar-refractivity contribution in [1.29, 1.82) is 0 Å². The topological polar surface area (TPSA) is 94.4 Å². The van der Waals surface area contributed by atoms with Gasteiger partial charge in [-0.25, -0.2) is 15.1 Å². The molecule has 4 heterocycles. The van der Waals surface area contributed by atoms with E-state index in [1.165, 1.54) is 16.7 Å². The fourth-order valence-corrected chi connectivity index (χ4v) is 5.33. The number of nitrogens with zero attached hydrogens (tertiary/aromatic N) is 6. The van der Waals surface area contributed by atoms with E-state index in [4.69, 9.17) is 14.7 Å². The highest BCUT2D eigenvalue weighted by molar-refractivity contribution is 5.76. The van der Waals surface area contributed by atoms with Crippen molar-refractivity contribution in [3.05, 3.63) is 94.2 Å². The molecule has 2 aromatic carbocycles. The Morgan fingerprint density at radius 1 is 1.06 bits per heavy atom. The van der Waals surface area contributed by atoms with Crippen molar-refractivity contribution in [3.8, 4) is 5.75 Å². The summed E-state index contributed by atoms with van der Waals surface area (Å²) in [6, 6.07) is 18.8. The quantitative estimate of drug-likeness (QED) is 0.375. The average molecular weight is 480 g/mol. The predicted molar refractivity (Wildman–Crippen MR) is 137 cm³/mol. The van der Waals surface area contributed by atoms with Crippen LogP contribution in [0.15, 0.2) is 54.6 Å². The van der Waals surface area contributed by atoms with Gasteiger partial charge in [0.15, 0.2) is 17.1 Å². The van der Waals surface area contributed by atoms with Crippen LogP contribution in [0, 0.1) is 13.8 Å². The van der Waals surface area contributed by atoms with Crippen molar-refractivity contribution in [2.45, 2.75) is 58.6 Å². The van der Waals surface area contributed by atoms with Gasteiger partial charge in [0.05, 0.1) is 6.54 Å². The van der Waals surface area contributed by atoms with Crippen molar-refractivity contribution in [3.63, 3.8) is 0 Å². The van der Waals surface area contributed by atoms with Gasteiger partial charge in [-0.2, -0.15) is 0 Å². The molecule has 0 saturated carbocycles. The normalized spacial score (nSPS) is 17.2. The molecule has 8 nitrogen and oxygen atoms in total. The lowest BCUT2D eigenvalue weighted by atomic mass is 9.84. The van der Waals surface area contributed by atoms with Gasteiger partial charge in [-0.15, -0.1) is 5.10 Å². The Labute approximate surface area is 209 Å². The Hall–Kier alpha value is -4.07. The molecule has 1 atom stereocenters. The molecule has 3 aromatic heterocycles. The zero-order valence-corrected chi connectivity index (χ0v) is 20.8. The van der Waals surface area contributed by atoms with Gasteiger partial charge < -0.3 is 9.30 Å². The van der Waals surface area contributed by atoms with Crippen LogP contribution < -0.4 is 4.74 Å². The van der Waals surface area contributed by atoms with Crippen LogP contribution in [0.5, 0.6) is 5.75 Å². The number of fused-ring (bicyclic) bond motifs is 2. The number of tetrazole rings is 1. The summed E-state index contributed by atoms with van der Waals surface area (Å²) in [6.07, 6.45) is 3.55. The fourth-order valence-electron chi connectivity index (χ4n) is 5.33. The SMILES string of the molecule is CCCc1nc2c(C)cc(C)nc2n1Cc1ccc2c(c1)CCC(c1ccccc1)(c1nnn[nH]1)O2. The van der Waals surface area contributed by atoms with Gasteiger partial charge in [0.1, 0.15) is 17.1 Å². The fraction of sp³-hybridized carbons (Fsp3) is 0.321. The zero-order valence-electron chi connectivity index (χ0n) is 20.8. The van der Waals surface area contributed by atoms with Crippen molar-refractivity contribution in [2.24, 2.45) is 0 Å². The number of aryl methyl sites for hydroxylation is 4. The first-order valence-electron chi connectivity index (χ1n) is 12.5. The highest BCUT2D eigenvalue weighted by Crippen LogP contribution is 2.43. The van der Waals surface area contributed by atoms with E-state index < -0.39 is 5.60 Å². The van der Waals surface area contributed by atoms with Gasteiger partial charge in [-0.1, -0.05) is 49.4 Å². The second-order valence-electron chi connectivity index (χ2n) is 9.60. The summed E-state index contributed by atoms with van der Waals surface area (Å²) in [5, 5.41) is 14.8. The Bertz CT molecular complexity index is 1530. The first-order valence-corrected chi connectivity index (χ1v) is 12.5. The molecule has 182 valence electrons. The van der Waals surface area contributed by atoms with Crippen LogP contribution in [0.4, 0.5) is 0 Å². The summed E-state index contributed by atoms with van der Waals surface area (Å²) in [4.78, 5) is 9.82. The smallest absolute Gasteiger partial charge is 0.197 e. The minimum Gasteiger partial charge on any atom is -0.474 e. The van der Waals surface area contributed by atoms with E-state index in [9.17, 15) is 0 Å². The average Bonchev–Trinajstić information content (AvgIpc) is 3.55. The number of benzene rings is 2. The van der Waals surface area contributed by atoms with Gasteiger partial charge in [0.2, 0.25) is 0 Å². The van der Waals surface area contributed by atoms with E-state index in [1.807, 2.05) is 25.1 Å². The number of ether oxygens (including phenoxy) is 1. The molecule has 0 saturated heterocycles. The third-order valence-electron chi connectivity index (χ3n) is 7.04. The lowest BCUT2D eigenvalue weighted by Gasteiger charge is -2.37. The first kappa shape index (κ1) is 22.4. The molecule has 1 aliphatic heterocycles. The third-order valence-corrected chi connectivity index (χ3v) is 7.04. The van der Waals surface area contributed by atoms with Crippen LogP contribution in [-0.4, -0.2) is 35.2 Å². The molecule has 1 unspecified atom stereocenters. The predicted octanol–water partition coefficient (Wildman–Crippen LogP) is 4.83. The number of hydrogen-bond acceptors (Lipinski definition) is 6. The van der Waals surface area contributed by atoms with E-state index in [-0.39, 0.29) is 0 Å². The first-order chi connectivity index (χ1) is 17.6. The molecular formula is C28H29N7O. The van der Waals surface area contributed by atoms with E-state index in [0.717, 1.165) is 66.2 Å². The highest BCUT2D eigenvalue weighted by Gasteiger charge is 2.43. The summed E-state index contributed by atoms with van der Waals surface area (Å²) in [6.45, 7) is 7.07. The van der Waals surface area contributed by atoms with Crippen molar-refractivity contribution in [1.82, 2.24) is 35.2 Å². The number of aromatic nitrogens is 7. The second kappa shape index (κ2) is 8.86. The molecule has 0 aliphatic carbocycles. The maximum atomic E-state index is 6.70. The number of pyridine rings is 1. The van der Waals surface area contributed by atoms with E-state index in [0.29, 0.717) is 5.82 Å². The number of hydrogen-bond donors (Lipinski definition) is 1. The molecule has 0 amide bonds. The van der Waals surface area contributed by atoms with Crippen LogP contribution in [0.1, 0.15) is 59.4 Å². The second-order valence-corrected chi connectivity index (χ2v) is 9.60. The highest BCUT2D eigenvalue weighted by atomic mass is 16.5. The summed E-state index contributed by atoms with van der Waals surface area (Å²) < 4.78 is 8.98. The molecule has 1 N–H and O–H groups in total. The van der Waals surface area contributed by atoms with E-state index in [1.54, 1.807) is 0 Å². The lowest BCUT2D eigenvalue weighted by molar-refractivity contribution is 0.0757. The Morgan fingerprint density at radius 2 is 1.92 bits per heavy atom. The largest absolute Gasteiger partial charge is 0.474 e. The van der Waals surface area contributed by atoms with Crippen LogP contribution >= 0.6 is 0 Å². The van der Waals surface area contributed by atoms with E-state index in [2.05, 4.69) is 75.4 Å². The molecule has 0 radical (unpaired) electrons. The molecular weight excluding hydrogens is 450 g/mol. The zero-order chi connectivity index (χ0) is 24.7. The lowest BCUT2D eigenvalue weighted by Crippen LogP contribution is -2.39. The number of imidazole rings is 1. The number of nitrogens with one attached hydrogen (secondary N) is 1. The van der Waals surface area contributed by atoms with Gasteiger partial charge in [-0.05, 0) is 65.9 Å². The molecule has 5 aromatic rings. The molecule has 1 aliphatic rings. The molecule has 0 spiro atoms. The van der Waals surface area contributed by atoms with Gasteiger partial charge >= 0.3 is 0 Å². The molecule has 8 heteroatoms. The van der Waals surface area contributed by atoms with Crippen LogP contribution in [0.3, 0.4) is 0 Å². The summed E-state index contributed by atoms with van der Waals surface area (Å²) in [5.41, 5.74) is 6.84. The van der Waals surface area contributed by atoms with Gasteiger partial charge in [0, 0.05) is 24.1 Å². The van der Waals surface area contributed by atoms with Crippen molar-refractivity contribution < 1.29 is 4.74 Å². The number of rotatable bonds is 6. The maximum absolute atomic E-state index is 6.70. The molecule has 0 bridgehead atoms. The van der Waals surface area contributed by atoms with Crippen molar-refractivity contribution >= 4 is 11.2 Å². The van der Waals surface area contributed by atoms with Crippen LogP contribution in [-0.2, 0) is 25.0 Å². The maximum Gasteiger partial charge on any atom is 0.197 e. The summed E-state index contributed by atoms with van der Waals surface area (Å²) in [5.74, 6) is 2.57. The number of aromatic amines is 1. The number of H-pyrrole nitrogens is 1. The third kappa shape index (κ3) is 3.73. The minimum absolute atomic E-state index is 0.620. The van der Waals surface area contributed by atoms with Crippen LogP contribution in [0.2, 0.25) is 0 Å². The Kier molecular flexibility index (Phi) is 5.51. The van der Waals surface area contributed by atoms with Crippen molar-refractivity contribution in [2.75, 3.05) is 0 Å². The van der Waals surface area contributed by atoms with Gasteiger partial charge in [-0.3, -0.25) is 0 Å². The molecule has 36 heavy (non-hydrogen) atoms. The Balaban J connectivity index is 1.37. The molecule has 0 fully saturated rings. The minimum atomic E-state index is -0.743. The monoisotopic (exact) mass is 479 g/mol.